The molecule has 0 radical (unpaired) electrons. The zero-order chi connectivity index (χ0) is 20.4. The van der Waals surface area contributed by atoms with Crippen LogP contribution in [0.1, 0.15) is 23.6 Å². The quantitative estimate of drug-likeness (QED) is 0.840. The SMILES string of the molecule is COc1ccc(CCNC(=O)N2C[C@H]3C[C@@H](C2)c2cccc(=O)n2C3)cc1OC. The lowest BCUT2D eigenvalue weighted by Gasteiger charge is -2.42. The largest absolute Gasteiger partial charge is 0.493 e. The Balaban J connectivity index is 1.35. The molecule has 154 valence electrons. The van der Waals surface area contributed by atoms with Gasteiger partial charge in [-0.1, -0.05) is 12.1 Å². The van der Waals surface area contributed by atoms with Gasteiger partial charge in [0, 0.05) is 43.9 Å². The summed E-state index contributed by atoms with van der Waals surface area (Å²) in [4.78, 5) is 26.7. The zero-order valence-corrected chi connectivity index (χ0v) is 16.9. The number of methoxy groups -OCH3 is 2. The number of hydrogen-bond acceptors (Lipinski definition) is 4. The molecule has 0 saturated carbocycles. The van der Waals surface area contributed by atoms with Crippen LogP contribution in [0, 0.1) is 5.92 Å². The molecule has 3 heterocycles. The van der Waals surface area contributed by atoms with Crippen LogP contribution < -0.4 is 20.3 Å². The number of piperidine rings is 1. The van der Waals surface area contributed by atoms with Gasteiger partial charge in [-0.3, -0.25) is 4.79 Å². The summed E-state index contributed by atoms with van der Waals surface area (Å²) in [5, 5.41) is 3.04. The Bertz CT molecular complexity index is 955. The molecule has 2 bridgehead atoms. The number of carbonyl (C=O) groups excluding carboxylic acids is 1. The van der Waals surface area contributed by atoms with Gasteiger partial charge in [-0.25, -0.2) is 4.79 Å². The molecule has 1 N–H and O–H groups in total. The molecule has 1 aromatic carbocycles. The normalized spacial score (nSPS) is 20.0. The van der Waals surface area contributed by atoms with Crippen molar-refractivity contribution in [1.29, 1.82) is 0 Å². The minimum absolute atomic E-state index is 0.0353. The average Bonchev–Trinajstić information content (AvgIpc) is 2.74. The molecule has 1 aromatic heterocycles. The van der Waals surface area contributed by atoms with Crippen molar-refractivity contribution in [2.45, 2.75) is 25.3 Å². The van der Waals surface area contributed by atoms with Gasteiger partial charge in [0.05, 0.1) is 14.2 Å². The summed E-state index contributed by atoms with van der Waals surface area (Å²) >= 11 is 0. The lowest BCUT2D eigenvalue weighted by Crippen LogP contribution is -2.52. The molecule has 29 heavy (non-hydrogen) atoms. The second-order valence-electron chi connectivity index (χ2n) is 7.77. The van der Waals surface area contributed by atoms with E-state index in [4.69, 9.17) is 9.47 Å². The standard InChI is InChI=1S/C22H27N3O4/c1-28-19-7-6-15(11-20(19)29-2)8-9-23-22(27)24-12-16-10-17(14-24)18-4-3-5-21(26)25(18)13-16/h3-7,11,16-17H,8-10,12-14H2,1-2H3,(H,23,27)/t16-,17+/m1/s1. The maximum atomic E-state index is 12.7. The summed E-state index contributed by atoms with van der Waals surface area (Å²) < 4.78 is 12.5. The van der Waals surface area contributed by atoms with Crippen LogP contribution in [0.25, 0.3) is 0 Å². The number of nitrogens with zero attached hydrogens (tertiary/aromatic N) is 2. The number of amides is 2. The second kappa shape index (κ2) is 8.19. The highest BCUT2D eigenvalue weighted by atomic mass is 16.5. The molecule has 2 atom stereocenters. The van der Waals surface area contributed by atoms with E-state index in [0.717, 1.165) is 17.7 Å². The third-order valence-corrected chi connectivity index (χ3v) is 5.90. The van der Waals surface area contributed by atoms with Crippen molar-refractivity contribution in [3.63, 3.8) is 0 Å². The van der Waals surface area contributed by atoms with Crippen LogP contribution in [-0.4, -0.2) is 49.4 Å². The Morgan fingerprint density at radius 1 is 1.10 bits per heavy atom. The molecule has 0 spiro atoms. The highest BCUT2D eigenvalue weighted by Gasteiger charge is 2.36. The van der Waals surface area contributed by atoms with Gasteiger partial charge >= 0.3 is 6.03 Å². The highest BCUT2D eigenvalue weighted by molar-refractivity contribution is 5.74. The molecule has 0 aliphatic carbocycles. The van der Waals surface area contributed by atoms with E-state index in [1.165, 1.54) is 0 Å². The Labute approximate surface area is 170 Å². The van der Waals surface area contributed by atoms with Crippen molar-refractivity contribution in [1.82, 2.24) is 14.8 Å². The summed E-state index contributed by atoms with van der Waals surface area (Å²) in [5.41, 5.74) is 2.19. The monoisotopic (exact) mass is 397 g/mol. The molecule has 2 aromatic rings. The van der Waals surface area contributed by atoms with Gasteiger partial charge in [0.1, 0.15) is 0 Å². The first-order valence-corrected chi connectivity index (χ1v) is 10.0. The van der Waals surface area contributed by atoms with Gasteiger partial charge in [-0.2, -0.15) is 0 Å². The highest BCUT2D eigenvalue weighted by Crippen LogP contribution is 2.34. The molecule has 2 amide bonds. The molecule has 4 rings (SSSR count). The Kier molecular flexibility index (Phi) is 5.47. The lowest BCUT2D eigenvalue weighted by atomic mass is 9.83. The van der Waals surface area contributed by atoms with Crippen molar-refractivity contribution in [3.8, 4) is 11.5 Å². The van der Waals surface area contributed by atoms with E-state index in [0.29, 0.717) is 50.0 Å². The summed E-state index contributed by atoms with van der Waals surface area (Å²) in [5.74, 6) is 1.94. The van der Waals surface area contributed by atoms with Gasteiger partial charge in [-0.15, -0.1) is 0 Å². The van der Waals surface area contributed by atoms with Crippen LogP contribution in [0.3, 0.4) is 0 Å². The summed E-state index contributed by atoms with van der Waals surface area (Å²) in [7, 11) is 3.23. The molecule has 2 aliphatic rings. The number of urea groups is 1. The topological polar surface area (TPSA) is 72.8 Å². The Morgan fingerprint density at radius 2 is 1.93 bits per heavy atom. The van der Waals surface area contributed by atoms with Crippen LogP contribution >= 0.6 is 0 Å². The van der Waals surface area contributed by atoms with E-state index in [1.54, 1.807) is 20.3 Å². The summed E-state index contributed by atoms with van der Waals surface area (Å²) in [6, 6.07) is 11.2. The number of likely N-dealkylation sites (tertiary alicyclic amines) is 1. The van der Waals surface area contributed by atoms with Crippen molar-refractivity contribution in [3.05, 3.63) is 58.0 Å². The van der Waals surface area contributed by atoms with Crippen LogP contribution in [0.2, 0.25) is 0 Å². The molecular formula is C22H27N3O4. The fraction of sp³-hybridized carbons (Fsp3) is 0.455. The number of carbonyl (C=O) groups is 1. The summed E-state index contributed by atoms with van der Waals surface area (Å²) in [6.45, 7) is 2.60. The van der Waals surface area contributed by atoms with Gasteiger partial charge in [0.2, 0.25) is 0 Å². The third-order valence-electron chi connectivity index (χ3n) is 5.90. The van der Waals surface area contributed by atoms with Crippen molar-refractivity contribution in [2.24, 2.45) is 5.92 Å². The fourth-order valence-corrected chi connectivity index (χ4v) is 4.52. The van der Waals surface area contributed by atoms with E-state index in [1.807, 2.05) is 39.8 Å². The number of ether oxygens (including phenoxy) is 2. The Morgan fingerprint density at radius 3 is 2.72 bits per heavy atom. The van der Waals surface area contributed by atoms with E-state index < -0.39 is 0 Å². The number of benzene rings is 1. The number of nitrogens with one attached hydrogen (secondary N) is 1. The minimum Gasteiger partial charge on any atom is -0.493 e. The molecule has 1 saturated heterocycles. The maximum absolute atomic E-state index is 12.7. The predicted molar refractivity (Wildman–Crippen MR) is 110 cm³/mol. The first kappa shape index (κ1) is 19.4. The molecule has 0 unspecified atom stereocenters. The van der Waals surface area contributed by atoms with Crippen LogP contribution in [0.5, 0.6) is 11.5 Å². The third kappa shape index (κ3) is 3.95. The van der Waals surface area contributed by atoms with E-state index in [2.05, 4.69) is 5.32 Å². The molecule has 7 nitrogen and oxygen atoms in total. The van der Waals surface area contributed by atoms with Crippen molar-refractivity contribution >= 4 is 6.03 Å². The zero-order valence-electron chi connectivity index (χ0n) is 16.9. The average molecular weight is 397 g/mol. The molecule has 1 fully saturated rings. The number of fused-ring (bicyclic) bond motifs is 4. The number of hydrogen-bond donors (Lipinski definition) is 1. The number of pyridine rings is 1. The van der Waals surface area contributed by atoms with E-state index in [-0.39, 0.29) is 17.5 Å². The van der Waals surface area contributed by atoms with Crippen molar-refractivity contribution in [2.75, 3.05) is 33.9 Å². The van der Waals surface area contributed by atoms with Gasteiger partial charge in [-0.05, 0) is 42.5 Å². The first-order chi connectivity index (χ1) is 14.1. The Hall–Kier alpha value is -2.96. The van der Waals surface area contributed by atoms with Gasteiger partial charge in [0.25, 0.3) is 5.56 Å². The second-order valence-corrected chi connectivity index (χ2v) is 7.77. The number of aromatic nitrogens is 1. The van der Waals surface area contributed by atoms with Gasteiger partial charge < -0.3 is 24.3 Å². The van der Waals surface area contributed by atoms with Gasteiger partial charge in [0.15, 0.2) is 11.5 Å². The predicted octanol–water partition coefficient (Wildman–Crippen LogP) is 2.24. The van der Waals surface area contributed by atoms with Crippen LogP contribution in [0.15, 0.2) is 41.2 Å². The molecule has 2 aliphatic heterocycles. The molecule has 7 heteroatoms. The first-order valence-electron chi connectivity index (χ1n) is 10.0. The molecular weight excluding hydrogens is 370 g/mol. The van der Waals surface area contributed by atoms with Crippen molar-refractivity contribution < 1.29 is 14.3 Å². The van der Waals surface area contributed by atoms with Crippen LogP contribution in [-0.2, 0) is 13.0 Å². The summed E-state index contributed by atoms with van der Waals surface area (Å²) in [6.07, 6.45) is 1.75. The fourth-order valence-electron chi connectivity index (χ4n) is 4.52. The van der Waals surface area contributed by atoms with E-state index >= 15 is 0 Å². The minimum atomic E-state index is -0.0353. The number of rotatable bonds is 5. The smallest absolute Gasteiger partial charge is 0.317 e. The van der Waals surface area contributed by atoms with E-state index in [9.17, 15) is 9.59 Å². The maximum Gasteiger partial charge on any atom is 0.317 e. The van der Waals surface area contributed by atoms with Crippen LogP contribution in [0.4, 0.5) is 4.79 Å². The lowest BCUT2D eigenvalue weighted by molar-refractivity contribution is 0.131.